The van der Waals surface area contributed by atoms with Gasteiger partial charge in [0.25, 0.3) is 5.91 Å². The minimum atomic E-state index is -3.71. The van der Waals surface area contributed by atoms with E-state index in [1.165, 1.54) is 24.5 Å². The van der Waals surface area contributed by atoms with Crippen molar-refractivity contribution in [3.63, 3.8) is 0 Å². The molecule has 0 aliphatic heterocycles. The van der Waals surface area contributed by atoms with Gasteiger partial charge in [-0.2, -0.15) is 0 Å². The maximum absolute atomic E-state index is 15.7. The topological polar surface area (TPSA) is 166 Å². The largest absolute Gasteiger partial charge is 0.345 e. The maximum Gasteiger partial charge on any atom is 0.266 e. The van der Waals surface area contributed by atoms with Crippen LogP contribution < -0.4 is 0 Å². The molecule has 390 valence electrons. The highest BCUT2D eigenvalue weighted by atomic mass is 35.5. The predicted molar refractivity (Wildman–Crippen MR) is 288 cm³/mol. The first kappa shape index (κ1) is 55.5. The number of nitrogens with zero attached hydrogens (tertiary/aromatic N) is 3. The lowest BCUT2D eigenvalue weighted by molar-refractivity contribution is 0.0963. The number of H-pyrrole nitrogens is 1. The number of aromatic nitrogens is 4. The van der Waals surface area contributed by atoms with Crippen molar-refractivity contribution in [2.75, 3.05) is 11.5 Å². The number of halogens is 8. The molecule has 0 fully saturated rings. The molecule has 4 aromatic heterocycles. The van der Waals surface area contributed by atoms with Crippen LogP contribution in [0.2, 0.25) is 20.1 Å². The Kier molecular flexibility index (Phi) is 16.7. The van der Waals surface area contributed by atoms with Crippen LogP contribution >= 0.6 is 46.4 Å². The summed E-state index contributed by atoms with van der Waals surface area (Å²) in [5, 5.41) is 1.64. The van der Waals surface area contributed by atoms with Crippen molar-refractivity contribution in [1.82, 2.24) is 19.5 Å². The molecular weight excluding hydrogens is 1110 g/mol. The molecule has 1 N–H and O–H groups in total. The fourth-order valence-corrected chi connectivity index (χ4v) is 12.1. The third-order valence-electron chi connectivity index (χ3n) is 12.0. The lowest BCUT2D eigenvalue weighted by Crippen LogP contribution is -2.14. The van der Waals surface area contributed by atoms with Gasteiger partial charge in [0.15, 0.2) is 19.7 Å². The maximum atomic E-state index is 15.7. The molecule has 21 heteroatoms. The zero-order valence-electron chi connectivity index (χ0n) is 39.9. The van der Waals surface area contributed by atoms with Crippen molar-refractivity contribution in [3.8, 4) is 22.3 Å². The standard InChI is InChI=1S/C31H21Cl3F2N2O4S.C24H19ClF2N2O3S/c1-2-12-43(41,42)16-18-8-11-25(35)27(28(18)36)29(39)22-15-38(31(40)26-23(33)4-3-5-24(26)34)30-21(22)13-19(14-37-30)17-6-9-20(32)10-7-17;1-2-9-33(31,32)13-15-5-8-20(26)21(22(15)27)23(30)19-12-29-24-18(19)10-16(11-28-24)14-3-6-17(25)7-4-14/h3-11,13-15H,2,12,16H2,1H3;3-8,10-12H,2,9,13H2,1H3,(H,28,29). The van der Waals surface area contributed by atoms with Crippen LogP contribution in [0.1, 0.15) is 80.0 Å². The van der Waals surface area contributed by atoms with Crippen LogP contribution in [0.15, 0.2) is 128 Å². The average Bonchev–Trinajstić information content (AvgIpc) is 4.01. The number of pyridine rings is 2. The fourth-order valence-electron chi connectivity index (χ4n) is 8.40. The Labute approximate surface area is 453 Å². The second-order valence-corrected chi connectivity index (χ2v) is 23.4. The van der Waals surface area contributed by atoms with Crippen molar-refractivity contribution < 1.29 is 48.8 Å². The molecule has 0 saturated heterocycles. The Bertz CT molecular complexity index is 3980. The molecule has 0 radical (unpaired) electrons. The molecule has 0 bridgehead atoms. The molecule has 9 aromatic rings. The first-order valence-electron chi connectivity index (χ1n) is 23.0. The van der Waals surface area contributed by atoms with Gasteiger partial charge in [-0.25, -0.2) is 44.4 Å². The van der Waals surface area contributed by atoms with E-state index in [9.17, 15) is 35.6 Å². The van der Waals surface area contributed by atoms with Crippen LogP contribution in [-0.2, 0) is 31.2 Å². The number of carbonyl (C=O) groups excluding carboxylic acids is 3. The van der Waals surface area contributed by atoms with E-state index >= 15 is 13.2 Å². The number of benzene rings is 5. The van der Waals surface area contributed by atoms with Gasteiger partial charge in [0.1, 0.15) is 34.6 Å². The second-order valence-electron chi connectivity index (χ2n) is 17.4. The van der Waals surface area contributed by atoms with Crippen LogP contribution in [-0.4, -0.2) is 65.3 Å². The smallest absolute Gasteiger partial charge is 0.266 e. The van der Waals surface area contributed by atoms with E-state index < -0.39 is 83.0 Å². The highest BCUT2D eigenvalue weighted by molar-refractivity contribution is 7.90. The number of carbonyl (C=O) groups is 3. The minimum absolute atomic E-state index is 0.00421. The van der Waals surface area contributed by atoms with Gasteiger partial charge in [-0.15, -0.1) is 0 Å². The van der Waals surface area contributed by atoms with E-state index in [2.05, 4.69) is 15.0 Å². The van der Waals surface area contributed by atoms with Gasteiger partial charge in [0.05, 0.1) is 55.3 Å². The van der Waals surface area contributed by atoms with Gasteiger partial charge in [-0.05, 0) is 84.6 Å². The Hall–Kier alpha value is -6.73. The highest BCUT2D eigenvalue weighted by Crippen LogP contribution is 2.34. The van der Waals surface area contributed by atoms with Gasteiger partial charge in [-0.1, -0.05) is 103 Å². The highest BCUT2D eigenvalue weighted by Gasteiger charge is 2.30. The Morgan fingerprint density at radius 1 is 0.566 bits per heavy atom. The van der Waals surface area contributed by atoms with Gasteiger partial charge in [-0.3, -0.25) is 19.0 Å². The van der Waals surface area contributed by atoms with E-state index in [1.54, 1.807) is 86.8 Å². The number of sulfone groups is 2. The third-order valence-corrected chi connectivity index (χ3v) is 16.7. The molecule has 0 saturated carbocycles. The number of aromatic amines is 1. The first-order valence-corrected chi connectivity index (χ1v) is 28.2. The molecule has 0 unspecified atom stereocenters. The van der Waals surface area contributed by atoms with Crippen LogP contribution in [0.4, 0.5) is 17.6 Å². The number of hydrogen-bond donors (Lipinski definition) is 1. The molecular formula is C55H40Cl4F4N4O7S2. The molecule has 5 aromatic carbocycles. The van der Waals surface area contributed by atoms with Crippen molar-refractivity contribution in [1.29, 1.82) is 0 Å². The first-order chi connectivity index (χ1) is 36.1. The number of fused-ring (bicyclic) bond motifs is 2. The van der Waals surface area contributed by atoms with E-state index in [4.69, 9.17) is 46.4 Å². The number of hydrogen-bond acceptors (Lipinski definition) is 9. The van der Waals surface area contributed by atoms with Crippen molar-refractivity contribution in [2.24, 2.45) is 0 Å². The molecule has 76 heavy (non-hydrogen) atoms. The van der Waals surface area contributed by atoms with Crippen molar-refractivity contribution >= 4 is 106 Å². The van der Waals surface area contributed by atoms with Gasteiger partial charge in [0.2, 0.25) is 11.6 Å². The molecule has 0 atom stereocenters. The van der Waals surface area contributed by atoms with Gasteiger partial charge < -0.3 is 4.98 Å². The van der Waals surface area contributed by atoms with Crippen LogP contribution in [0.3, 0.4) is 0 Å². The summed E-state index contributed by atoms with van der Waals surface area (Å²) in [5.74, 6) is -9.11. The summed E-state index contributed by atoms with van der Waals surface area (Å²) in [7, 11) is -7.30. The average molecular weight is 1150 g/mol. The molecule has 0 amide bonds. The fraction of sp³-hybridized carbons (Fsp3) is 0.145. The molecule has 11 nitrogen and oxygen atoms in total. The van der Waals surface area contributed by atoms with Gasteiger partial charge >= 0.3 is 0 Å². The SMILES string of the molecule is CCCS(=O)(=O)Cc1ccc(F)c(C(=O)c2c[nH]c3ncc(-c4ccc(Cl)cc4)cc23)c1F.CCCS(=O)(=O)Cc1ccc(F)c(C(=O)c2cn(C(=O)c3c(Cl)cccc3Cl)c3ncc(-c4ccc(Cl)cc4)cc23)c1F. The summed E-state index contributed by atoms with van der Waals surface area (Å²) in [6, 6.07) is 25.3. The molecule has 0 aliphatic carbocycles. The molecule has 4 heterocycles. The summed E-state index contributed by atoms with van der Waals surface area (Å²) < 4.78 is 111. The van der Waals surface area contributed by atoms with Crippen LogP contribution in [0.5, 0.6) is 0 Å². The van der Waals surface area contributed by atoms with E-state index in [0.29, 0.717) is 50.6 Å². The van der Waals surface area contributed by atoms with Crippen LogP contribution in [0.25, 0.3) is 44.3 Å². The number of ketones is 2. The second kappa shape index (κ2) is 22.9. The lowest BCUT2D eigenvalue weighted by atomic mass is 9.99. The summed E-state index contributed by atoms with van der Waals surface area (Å²) in [6.45, 7) is 3.35. The summed E-state index contributed by atoms with van der Waals surface area (Å²) in [5.41, 5.74) is 0.441. The molecule has 9 rings (SSSR count). The predicted octanol–water partition coefficient (Wildman–Crippen LogP) is 13.9. The normalized spacial score (nSPS) is 11.7. The third kappa shape index (κ3) is 11.8. The van der Waals surface area contributed by atoms with Gasteiger partial charge in [0, 0.05) is 73.4 Å². The summed E-state index contributed by atoms with van der Waals surface area (Å²) in [4.78, 5) is 52.3. The zero-order valence-corrected chi connectivity index (χ0v) is 44.6. The Balaban J connectivity index is 0.000000209. The summed E-state index contributed by atoms with van der Waals surface area (Å²) >= 11 is 24.5. The Morgan fingerprint density at radius 2 is 1.03 bits per heavy atom. The molecule has 0 spiro atoms. The lowest BCUT2D eigenvalue weighted by Gasteiger charge is -2.10. The zero-order chi connectivity index (χ0) is 54.8. The van der Waals surface area contributed by atoms with Crippen molar-refractivity contribution in [2.45, 2.75) is 38.2 Å². The number of nitrogens with one attached hydrogen (secondary N) is 1. The van der Waals surface area contributed by atoms with E-state index in [0.717, 1.165) is 40.6 Å². The Morgan fingerprint density at radius 3 is 1.51 bits per heavy atom. The van der Waals surface area contributed by atoms with Crippen LogP contribution in [0, 0.1) is 23.3 Å². The van der Waals surface area contributed by atoms with E-state index in [-0.39, 0.29) is 60.4 Å². The molecule has 0 aliphatic rings. The van der Waals surface area contributed by atoms with E-state index in [1.807, 2.05) is 0 Å². The minimum Gasteiger partial charge on any atom is -0.345 e. The summed E-state index contributed by atoms with van der Waals surface area (Å²) in [6.07, 6.45) is 6.21. The number of rotatable bonds is 15. The van der Waals surface area contributed by atoms with Crippen molar-refractivity contribution in [3.05, 3.63) is 210 Å². The quantitative estimate of drug-likeness (QED) is 0.0776. The monoisotopic (exact) mass is 1150 g/mol.